The van der Waals surface area contributed by atoms with E-state index in [-0.39, 0.29) is 23.8 Å². The third kappa shape index (κ3) is 5.75. The van der Waals surface area contributed by atoms with Crippen LogP contribution in [0.2, 0.25) is 0 Å². The molecule has 7 heteroatoms. The number of hydrogen-bond acceptors (Lipinski definition) is 3. The number of carbonyl (C=O) groups is 3. The third-order valence-corrected chi connectivity index (χ3v) is 4.42. The Balaban J connectivity index is 1.74. The van der Waals surface area contributed by atoms with Crippen molar-refractivity contribution in [2.45, 2.75) is 45.7 Å². The van der Waals surface area contributed by atoms with Crippen molar-refractivity contribution in [2.75, 3.05) is 18.4 Å². The lowest BCUT2D eigenvalue weighted by molar-refractivity contribution is -0.135. The van der Waals surface area contributed by atoms with Gasteiger partial charge in [-0.2, -0.15) is 0 Å². The maximum absolute atomic E-state index is 12.3. The van der Waals surface area contributed by atoms with E-state index in [0.717, 1.165) is 12.8 Å². The molecule has 0 radical (unpaired) electrons. The zero-order valence-corrected chi connectivity index (χ0v) is 15.6. The van der Waals surface area contributed by atoms with Crippen LogP contribution in [0.1, 0.15) is 33.6 Å². The number of hydrogen-bond donors (Lipinski definition) is 3. The van der Waals surface area contributed by atoms with Gasteiger partial charge in [0.25, 0.3) is 0 Å². The summed E-state index contributed by atoms with van der Waals surface area (Å²) in [5.74, 6) is -0.0715. The highest BCUT2D eigenvalue weighted by Gasteiger charge is 2.26. The summed E-state index contributed by atoms with van der Waals surface area (Å²) < 4.78 is 0. The predicted octanol–water partition coefficient (Wildman–Crippen LogP) is 1.96. The summed E-state index contributed by atoms with van der Waals surface area (Å²) in [6.07, 6.45) is 1.46. The van der Waals surface area contributed by atoms with E-state index in [1.54, 1.807) is 19.1 Å². The molecule has 1 aliphatic rings. The number of nitrogens with one attached hydrogen (secondary N) is 3. The summed E-state index contributed by atoms with van der Waals surface area (Å²) in [6, 6.07) is 8.02. The van der Waals surface area contributed by atoms with Crippen LogP contribution in [0.4, 0.5) is 10.5 Å². The Morgan fingerprint density at radius 1 is 1.04 bits per heavy atom. The van der Waals surface area contributed by atoms with Gasteiger partial charge < -0.3 is 20.9 Å². The number of amides is 4. The first-order chi connectivity index (χ1) is 12.4. The molecular weight excluding hydrogens is 332 g/mol. The molecule has 0 spiro atoms. The van der Waals surface area contributed by atoms with Crippen molar-refractivity contribution >= 4 is 23.5 Å². The zero-order chi connectivity index (χ0) is 19.1. The van der Waals surface area contributed by atoms with Crippen LogP contribution in [0.15, 0.2) is 30.3 Å². The predicted molar refractivity (Wildman–Crippen MR) is 101 cm³/mol. The number of nitrogens with zero attached hydrogens (tertiary/aromatic N) is 1. The van der Waals surface area contributed by atoms with Gasteiger partial charge in [-0.15, -0.1) is 0 Å². The van der Waals surface area contributed by atoms with E-state index in [1.807, 2.05) is 36.9 Å². The molecule has 1 aromatic carbocycles. The minimum Gasteiger partial charge on any atom is -0.351 e. The largest absolute Gasteiger partial charge is 0.351 e. The average molecular weight is 360 g/mol. The number of benzene rings is 1. The molecular formula is C19H28N4O3. The molecule has 4 amide bonds. The Morgan fingerprint density at radius 3 is 2.23 bits per heavy atom. The van der Waals surface area contributed by atoms with Gasteiger partial charge in [0.15, 0.2) is 0 Å². The van der Waals surface area contributed by atoms with Crippen LogP contribution >= 0.6 is 0 Å². The van der Waals surface area contributed by atoms with Gasteiger partial charge in [0, 0.05) is 30.7 Å². The molecule has 1 aliphatic heterocycles. The minimum absolute atomic E-state index is 0.00603. The summed E-state index contributed by atoms with van der Waals surface area (Å²) in [7, 11) is 0. The summed E-state index contributed by atoms with van der Waals surface area (Å²) in [6.45, 7) is 6.74. The normalized spacial score (nSPS) is 16.1. The number of rotatable bonds is 5. The van der Waals surface area contributed by atoms with Crippen LogP contribution in [-0.4, -0.2) is 47.9 Å². The van der Waals surface area contributed by atoms with E-state index in [0.29, 0.717) is 18.8 Å². The van der Waals surface area contributed by atoms with Gasteiger partial charge in [0.05, 0.1) is 0 Å². The Hall–Kier alpha value is -2.57. The van der Waals surface area contributed by atoms with Gasteiger partial charge in [-0.05, 0) is 31.9 Å². The lowest BCUT2D eigenvalue weighted by Crippen LogP contribution is -2.52. The first-order valence-electron chi connectivity index (χ1n) is 9.08. The minimum atomic E-state index is -0.644. The average Bonchev–Trinajstić information content (AvgIpc) is 2.62. The maximum Gasteiger partial charge on any atom is 0.319 e. The van der Waals surface area contributed by atoms with Crippen molar-refractivity contribution in [2.24, 2.45) is 5.92 Å². The van der Waals surface area contributed by atoms with Crippen LogP contribution < -0.4 is 16.0 Å². The number of urea groups is 1. The fourth-order valence-corrected chi connectivity index (χ4v) is 2.89. The van der Waals surface area contributed by atoms with Gasteiger partial charge in [0.2, 0.25) is 11.8 Å². The molecule has 7 nitrogen and oxygen atoms in total. The topological polar surface area (TPSA) is 90.5 Å². The molecule has 1 atom stereocenters. The third-order valence-electron chi connectivity index (χ3n) is 4.42. The summed E-state index contributed by atoms with van der Waals surface area (Å²) >= 11 is 0. The van der Waals surface area contributed by atoms with Crippen LogP contribution in [0, 0.1) is 5.92 Å². The molecule has 0 bridgehead atoms. The van der Waals surface area contributed by atoms with Crippen molar-refractivity contribution in [1.82, 2.24) is 15.5 Å². The maximum atomic E-state index is 12.3. The highest BCUT2D eigenvalue weighted by Crippen LogP contribution is 2.13. The molecule has 3 N–H and O–H groups in total. The first kappa shape index (κ1) is 19.8. The van der Waals surface area contributed by atoms with E-state index in [2.05, 4.69) is 16.0 Å². The lowest BCUT2D eigenvalue weighted by atomic mass is 10.0. The highest BCUT2D eigenvalue weighted by atomic mass is 16.2. The fourth-order valence-electron chi connectivity index (χ4n) is 2.89. The molecule has 1 fully saturated rings. The van der Waals surface area contributed by atoms with E-state index in [4.69, 9.17) is 0 Å². The fraction of sp³-hybridized carbons (Fsp3) is 0.526. The summed E-state index contributed by atoms with van der Waals surface area (Å²) in [5.41, 5.74) is 0.666. The molecule has 1 saturated heterocycles. The molecule has 0 aromatic heterocycles. The van der Waals surface area contributed by atoms with Crippen LogP contribution in [-0.2, 0) is 9.59 Å². The smallest absolute Gasteiger partial charge is 0.319 e. The number of anilines is 1. The van der Waals surface area contributed by atoms with Crippen molar-refractivity contribution in [3.05, 3.63) is 30.3 Å². The van der Waals surface area contributed by atoms with Crippen LogP contribution in [0.5, 0.6) is 0 Å². The standard InChI is InChI=1S/C19H28N4O3/c1-13(2)18(25)23-11-9-16(10-12-23)21-17(24)14(3)20-19(26)22-15-7-5-4-6-8-15/h4-8,13-14,16H,9-12H2,1-3H3,(H,21,24)(H2,20,22,26). The molecule has 1 heterocycles. The molecule has 0 saturated carbocycles. The molecule has 26 heavy (non-hydrogen) atoms. The van der Waals surface area contributed by atoms with E-state index >= 15 is 0 Å². The first-order valence-corrected chi connectivity index (χ1v) is 9.08. The van der Waals surface area contributed by atoms with Gasteiger partial charge >= 0.3 is 6.03 Å². The van der Waals surface area contributed by atoms with Crippen molar-refractivity contribution in [3.8, 4) is 0 Å². The Morgan fingerprint density at radius 2 is 1.65 bits per heavy atom. The number of piperidine rings is 1. The molecule has 1 aromatic rings. The van der Waals surface area contributed by atoms with Crippen molar-refractivity contribution in [3.63, 3.8) is 0 Å². The van der Waals surface area contributed by atoms with E-state index in [1.165, 1.54) is 0 Å². The van der Waals surface area contributed by atoms with Crippen molar-refractivity contribution in [1.29, 1.82) is 0 Å². The Labute approximate surface area is 154 Å². The SMILES string of the molecule is CC(C)C(=O)N1CCC(NC(=O)C(C)NC(=O)Nc2ccccc2)CC1. The van der Waals surface area contributed by atoms with Crippen molar-refractivity contribution < 1.29 is 14.4 Å². The lowest BCUT2D eigenvalue weighted by Gasteiger charge is -2.33. The second kappa shape index (κ2) is 9.22. The molecule has 0 aliphatic carbocycles. The molecule has 142 valence electrons. The molecule has 2 rings (SSSR count). The van der Waals surface area contributed by atoms with Crippen LogP contribution in [0.3, 0.4) is 0 Å². The van der Waals surface area contributed by atoms with Crippen LogP contribution in [0.25, 0.3) is 0 Å². The Kier molecular flexibility index (Phi) is 7.00. The highest BCUT2D eigenvalue weighted by molar-refractivity contribution is 5.93. The van der Waals surface area contributed by atoms with Gasteiger partial charge in [-0.3, -0.25) is 9.59 Å². The number of carbonyl (C=O) groups excluding carboxylic acids is 3. The summed E-state index contributed by atoms with van der Waals surface area (Å²) in [5, 5.41) is 8.28. The van der Waals surface area contributed by atoms with Gasteiger partial charge in [0.1, 0.15) is 6.04 Å². The van der Waals surface area contributed by atoms with Gasteiger partial charge in [-0.1, -0.05) is 32.0 Å². The second-order valence-corrected chi connectivity index (χ2v) is 6.95. The summed E-state index contributed by atoms with van der Waals surface area (Å²) in [4.78, 5) is 38.1. The Bertz CT molecular complexity index is 625. The quantitative estimate of drug-likeness (QED) is 0.750. The zero-order valence-electron chi connectivity index (χ0n) is 15.6. The second-order valence-electron chi connectivity index (χ2n) is 6.95. The number of para-hydroxylation sites is 1. The number of likely N-dealkylation sites (tertiary alicyclic amines) is 1. The van der Waals surface area contributed by atoms with E-state index in [9.17, 15) is 14.4 Å². The van der Waals surface area contributed by atoms with E-state index < -0.39 is 12.1 Å². The monoisotopic (exact) mass is 360 g/mol. The van der Waals surface area contributed by atoms with Gasteiger partial charge in [-0.25, -0.2) is 4.79 Å². The molecule has 1 unspecified atom stereocenters.